The van der Waals surface area contributed by atoms with Crippen molar-refractivity contribution in [3.63, 3.8) is 0 Å². The summed E-state index contributed by atoms with van der Waals surface area (Å²) in [5.41, 5.74) is 0. The zero-order chi connectivity index (χ0) is 14.7. The lowest BCUT2D eigenvalue weighted by molar-refractivity contribution is -0.193. The first-order chi connectivity index (χ1) is 7.97. The smallest absolute Gasteiger partial charge is 0.132 e. The first kappa shape index (κ1) is 25.9. The van der Waals surface area contributed by atoms with E-state index < -0.39 is 7.60 Å². The summed E-state index contributed by atoms with van der Waals surface area (Å²) in [6.07, 6.45) is 5.35. The third kappa shape index (κ3) is 63.3. The molecule has 1 unspecified atom stereocenters. The first-order valence-electron chi connectivity index (χ1n) is 7.00. The maximum atomic E-state index is 9.97. The third-order valence-corrected chi connectivity index (χ3v) is 2.38. The van der Waals surface area contributed by atoms with Crippen LogP contribution in [0.5, 0.6) is 0 Å². The van der Waals surface area contributed by atoms with Gasteiger partial charge in [0.1, 0.15) is 7.60 Å². The van der Waals surface area contributed by atoms with Crippen LogP contribution in [0.4, 0.5) is 0 Å². The molecule has 0 aromatic rings. The Morgan fingerprint density at radius 2 is 1.18 bits per heavy atom. The maximum Gasteiger partial charge on any atom is 0.132 e. The van der Waals surface area contributed by atoms with Crippen molar-refractivity contribution in [1.82, 2.24) is 0 Å². The molecule has 0 saturated heterocycles. The summed E-state index contributed by atoms with van der Waals surface area (Å²) in [6.45, 7) is 14.3. The van der Waals surface area contributed by atoms with Crippen LogP contribution in [0, 0.1) is 0 Å². The van der Waals surface area contributed by atoms with Crippen LogP contribution in [-0.2, 0) is 4.57 Å². The summed E-state index contributed by atoms with van der Waals surface area (Å²) < 4.78 is 9.97. The van der Waals surface area contributed by atoms with E-state index >= 15 is 0 Å². The van der Waals surface area contributed by atoms with E-state index in [4.69, 9.17) is 4.89 Å². The van der Waals surface area contributed by atoms with Gasteiger partial charge in [0.2, 0.25) is 0 Å². The van der Waals surface area contributed by atoms with Crippen molar-refractivity contribution in [2.45, 2.75) is 80.6 Å². The van der Waals surface area contributed by atoms with Crippen LogP contribution in [0.2, 0.25) is 0 Å². The minimum atomic E-state index is -3.93. The molecule has 0 radical (unpaired) electrons. The fourth-order valence-electron chi connectivity index (χ4n) is 0.711. The number of hydrogen-bond acceptors (Lipinski definition) is 2. The standard InChI is InChI=1S/C5H12.C4H11O3P.2C2H6/c1-3-5-4-2;1-2-3-4-8(5,6)7;2*1-2/h3-5H2,1-2H3;2-4H2,1H3,(H2,5,6,7);2*1-2H3/p-1. The van der Waals surface area contributed by atoms with Gasteiger partial charge in [-0.05, 0) is 6.42 Å². The van der Waals surface area contributed by atoms with Crippen molar-refractivity contribution >= 4 is 7.60 Å². The average molecular weight is 269 g/mol. The van der Waals surface area contributed by atoms with Crippen molar-refractivity contribution in [3.05, 3.63) is 0 Å². The molecular weight excluding hydrogens is 235 g/mol. The zero-order valence-electron chi connectivity index (χ0n) is 13.0. The molecule has 0 saturated carbocycles. The molecule has 0 bridgehead atoms. The highest BCUT2D eigenvalue weighted by atomic mass is 31.2. The predicted molar refractivity (Wildman–Crippen MR) is 77.5 cm³/mol. The predicted octanol–water partition coefficient (Wildman–Crippen LogP) is 4.58. The molecule has 0 aromatic carbocycles. The second kappa shape index (κ2) is 25.1. The molecule has 0 aliphatic carbocycles. The lowest BCUT2D eigenvalue weighted by Gasteiger charge is -2.13. The van der Waals surface area contributed by atoms with Crippen LogP contribution in [0.1, 0.15) is 80.6 Å². The largest absolute Gasteiger partial charge is 0.779 e. The fourth-order valence-corrected chi connectivity index (χ4v) is 1.43. The summed E-state index contributed by atoms with van der Waals surface area (Å²) in [7, 11) is -3.93. The molecule has 0 amide bonds. The van der Waals surface area contributed by atoms with Gasteiger partial charge in [-0.25, -0.2) is 0 Å². The van der Waals surface area contributed by atoms with Gasteiger partial charge in [-0.3, -0.25) is 0 Å². The number of unbranched alkanes of at least 4 members (excludes halogenated alkanes) is 3. The zero-order valence-corrected chi connectivity index (χ0v) is 13.8. The quantitative estimate of drug-likeness (QED) is 0.743. The number of rotatable bonds is 5. The molecule has 1 N–H and O–H groups in total. The topological polar surface area (TPSA) is 60.4 Å². The van der Waals surface area contributed by atoms with Gasteiger partial charge in [0.25, 0.3) is 0 Å². The molecule has 1 atom stereocenters. The van der Waals surface area contributed by atoms with Crippen molar-refractivity contribution in [1.29, 1.82) is 0 Å². The van der Waals surface area contributed by atoms with Gasteiger partial charge in [0.05, 0.1) is 0 Å². The summed E-state index contributed by atoms with van der Waals surface area (Å²) in [5, 5.41) is 0. The molecule has 0 spiro atoms. The Balaban J connectivity index is -0.0000000809. The maximum absolute atomic E-state index is 9.97. The molecule has 0 heterocycles. The van der Waals surface area contributed by atoms with E-state index in [1.165, 1.54) is 19.3 Å². The summed E-state index contributed by atoms with van der Waals surface area (Å²) in [4.78, 5) is 18.1. The van der Waals surface area contributed by atoms with E-state index in [1.54, 1.807) is 0 Å². The molecule has 0 aliphatic rings. The van der Waals surface area contributed by atoms with Gasteiger partial charge >= 0.3 is 0 Å². The highest BCUT2D eigenvalue weighted by Crippen LogP contribution is 2.29. The van der Waals surface area contributed by atoms with E-state index in [2.05, 4.69) is 13.8 Å². The SMILES string of the molecule is CC.CC.CCCCC.CCCCP(=O)([O-])O. The molecule has 0 aliphatic heterocycles. The Morgan fingerprint density at radius 1 is 0.882 bits per heavy atom. The van der Waals surface area contributed by atoms with Crippen LogP contribution < -0.4 is 4.89 Å². The van der Waals surface area contributed by atoms with E-state index in [-0.39, 0.29) is 6.16 Å². The van der Waals surface area contributed by atoms with Gasteiger partial charge in [0, 0.05) is 6.16 Å². The highest BCUT2D eigenvalue weighted by molar-refractivity contribution is 7.50. The van der Waals surface area contributed by atoms with Gasteiger partial charge < -0.3 is 14.4 Å². The lowest BCUT2D eigenvalue weighted by Crippen LogP contribution is -2.02. The molecule has 0 aromatic heterocycles. The molecule has 0 fully saturated rings. The normalized spacial score (nSPS) is 11.6. The van der Waals surface area contributed by atoms with Crippen LogP contribution in [0.25, 0.3) is 0 Å². The second-order valence-corrected chi connectivity index (χ2v) is 4.79. The van der Waals surface area contributed by atoms with Crippen molar-refractivity contribution < 1.29 is 14.4 Å². The van der Waals surface area contributed by atoms with Crippen LogP contribution in [0.15, 0.2) is 0 Å². The van der Waals surface area contributed by atoms with E-state index in [1.807, 2.05) is 34.6 Å². The third-order valence-electron chi connectivity index (χ3n) is 1.50. The average Bonchev–Trinajstić information content (AvgIpc) is 2.33. The van der Waals surface area contributed by atoms with E-state index in [0.29, 0.717) is 6.42 Å². The molecule has 0 rings (SSSR count). The van der Waals surface area contributed by atoms with E-state index in [0.717, 1.165) is 6.42 Å². The summed E-state index contributed by atoms with van der Waals surface area (Å²) >= 11 is 0. The Morgan fingerprint density at radius 3 is 1.24 bits per heavy atom. The first-order valence-corrected chi connectivity index (χ1v) is 8.77. The van der Waals surface area contributed by atoms with Crippen LogP contribution in [0.3, 0.4) is 0 Å². The Bertz CT molecular complexity index is 131. The van der Waals surface area contributed by atoms with Crippen LogP contribution in [-0.4, -0.2) is 11.1 Å². The van der Waals surface area contributed by atoms with Gasteiger partial charge in [-0.2, -0.15) is 0 Å². The second-order valence-electron chi connectivity index (χ2n) is 3.07. The molecule has 110 valence electrons. The van der Waals surface area contributed by atoms with Gasteiger partial charge in [0.15, 0.2) is 0 Å². The van der Waals surface area contributed by atoms with E-state index in [9.17, 15) is 9.46 Å². The minimum absolute atomic E-state index is 0.0799. The van der Waals surface area contributed by atoms with Crippen molar-refractivity contribution in [2.75, 3.05) is 6.16 Å². The minimum Gasteiger partial charge on any atom is -0.779 e. The highest BCUT2D eigenvalue weighted by Gasteiger charge is 1.97. The Hall–Kier alpha value is 0.150. The Kier molecular flexibility index (Phi) is 38.2. The summed E-state index contributed by atoms with van der Waals surface area (Å²) in [6, 6.07) is 0. The molecule has 4 heteroatoms. The van der Waals surface area contributed by atoms with Crippen molar-refractivity contribution in [3.8, 4) is 0 Å². The van der Waals surface area contributed by atoms with Crippen LogP contribution >= 0.6 is 7.60 Å². The van der Waals surface area contributed by atoms with Gasteiger partial charge in [-0.1, -0.05) is 74.1 Å². The number of hydrogen-bond donors (Lipinski definition) is 1. The van der Waals surface area contributed by atoms with Crippen molar-refractivity contribution in [2.24, 2.45) is 0 Å². The summed E-state index contributed by atoms with van der Waals surface area (Å²) in [5.74, 6) is 0. The fraction of sp³-hybridized carbons (Fsp3) is 1.00. The molecule has 17 heavy (non-hydrogen) atoms. The monoisotopic (exact) mass is 269 g/mol. The molecular formula is C13H34O3P-. The van der Waals surface area contributed by atoms with Gasteiger partial charge in [-0.15, -0.1) is 0 Å². The Labute approximate surface area is 109 Å². The molecule has 3 nitrogen and oxygen atoms in total. The lowest BCUT2D eigenvalue weighted by atomic mass is 10.3.